The summed E-state index contributed by atoms with van der Waals surface area (Å²) < 4.78 is 5.11. The molecule has 146 valence electrons. The number of amides is 3. The van der Waals surface area contributed by atoms with E-state index in [0.717, 1.165) is 5.56 Å². The summed E-state index contributed by atoms with van der Waals surface area (Å²) in [5.74, 6) is -1.70. The average molecular weight is 382 g/mol. The predicted octanol–water partition coefficient (Wildman–Crippen LogP) is 2.46. The van der Waals surface area contributed by atoms with Crippen molar-refractivity contribution in [2.24, 2.45) is 5.10 Å². The van der Waals surface area contributed by atoms with Crippen molar-refractivity contribution in [3.63, 3.8) is 0 Å². The van der Waals surface area contributed by atoms with E-state index in [4.69, 9.17) is 4.74 Å². The molecule has 0 aliphatic heterocycles. The number of para-hydroxylation sites is 2. The molecule has 0 saturated heterocycles. The summed E-state index contributed by atoms with van der Waals surface area (Å²) in [6.07, 6.45) is -0.0254. The molecular formula is C20H22N4O4. The van der Waals surface area contributed by atoms with Gasteiger partial charge in [-0.05, 0) is 43.7 Å². The van der Waals surface area contributed by atoms with E-state index in [1.165, 1.54) is 7.11 Å². The maximum atomic E-state index is 12.0. The van der Waals surface area contributed by atoms with Crippen molar-refractivity contribution < 1.29 is 19.1 Å². The van der Waals surface area contributed by atoms with Gasteiger partial charge in [0.15, 0.2) is 0 Å². The first-order valence-electron chi connectivity index (χ1n) is 8.53. The maximum Gasteiger partial charge on any atom is 0.329 e. The van der Waals surface area contributed by atoms with Crippen molar-refractivity contribution in [3.8, 4) is 5.75 Å². The first-order valence-corrected chi connectivity index (χ1v) is 8.53. The Labute approximate surface area is 163 Å². The van der Waals surface area contributed by atoms with Crippen LogP contribution in [0.3, 0.4) is 0 Å². The third kappa shape index (κ3) is 6.24. The summed E-state index contributed by atoms with van der Waals surface area (Å²) in [7, 11) is 1.46. The van der Waals surface area contributed by atoms with E-state index in [1.807, 2.05) is 25.1 Å². The Bertz CT molecular complexity index is 909. The number of carbonyl (C=O) groups is 3. The van der Waals surface area contributed by atoms with Crippen LogP contribution in [0.25, 0.3) is 0 Å². The molecule has 0 heterocycles. The zero-order valence-electron chi connectivity index (χ0n) is 15.9. The molecule has 0 aromatic heterocycles. The van der Waals surface area contributed by atoms with Gasteiger partial charge in [0.05, 0.1) is 19.2 Å². The number of benzene rings is 2. The number of ether oxygens (including phenoxy) is 1. The van der Waals surface area contributed by atoms with Gasteiger partial charge in [0.1, 0.15) is 5.75 Å². The lowest BCUT2D eigenvalue weighted by atomic mass is 10.2. The zero-order chi connectivity index (χ0) is 20.5. The maximum absolute atomic E-state index is 12.0. The first kappa shape index (κ1) is 20.6. The number of hydrazone groups is 1. The number of hydrogen-bond acceptors (Lipinski definition) is 5. The minimum absolute atomic E-state index is 0.0254. The molecule has 2 rings (SSSR count). The lowest BCUT2D eigenvalue weighted by Crippen LogP contribution is -2.33. The van der Waals surface area contributed by atoms with E-state index in [0.29, 0.717) is 22.8 Å². The molecule has 0 fully saturated rings. The van der Waals surface area contributed by atoms with Crippen LogP contribution in [0.2, 0.25) is 0 Å². The van der Waals surface area contributed by atoms with Crippen LogP contribution in [0.4, 0.5) is 11.4 Å². The van der Waals surface area contributed by atoms with E-state index < -0.39 is 11.8 Å². The molecule has 8 heteroatoms. The number of hydrogen-bond donors (Lipinski definition) is 3. The summed E-state index contributed by atoms with van der Waals surface area (Å²) in [5, 5.41) is 8.98. The second kappa shape index (κ2) is 9.86. The number of anilines is 2. The van der Waals surface area contributed by atoms with E-state index in [1.54, 1.807) is 37.3 Å². The zero-order valence-corrected chi connectivity index (χ0v) is 15.9. The Morgan fingerprint density at radius 2 is 1.75 bits per heavy atom. The van der Waals surface area contributed by atoms with Crippen LogP contribution in [-0.2, 0) is 14.4 Å². The quantitative estimate of drug-likeness (QED) is 0.405. The van der Waals surface area contributed by atoms with Crippen LogP contribution >= 0.6 is 0 Å². The fraction of sp³-hybridized carbons (Fsp3) is 0.200. The molecule has 0 aliphatic rings. The summed E-state index contributed by atoms with van der Waals surface area (Å²) in [4.78, 5) is 35.9. The van der Waals surface area contributed by atoms with Crippen LogP contribution in [0, 0.1) is 6.92 Å². The monoisotopic (exact) mass is 382 g/mol. The standard InChI is InChI=1S/C20H22N4O4/c1-13-7-6-8-15(11-13)21-18(25)12-14(2)23-24-20(27)19(26)22-16-9-4-5-10-17(16)28-3/h4-11H,12H2,1-3H3,(H,21,25)(H,22,26)(H,24,27)/b23-14+. The van der Waals surface area contributed by atoms with E-state index in [9.17, 15) is 14.4 Å². The van der Waals surface area contributed by atoms with Gasteiger partial charge in [0.25, 0.3) is 0 Å². The van der Waals surface area contributed by atoms with Crippen LogP contribution in [-0.4, -0.2) is 30.5 Å². The Morgan fingerprint density at radius 3 is 2.46 bits per heavy atom. The van der Waals surface area contributed by atoms with E-state index in [2.05, 4.69) is 21.2 Å². The number of aryl methyl sites for hydroxylation is 1. The van der Waals surface area contributed by atoms with Gasteiger partial charge in [-0.3, -0.25) is 14.4 Å². The normalized spacial score (nSPS) is 10.8. The fourth-order valence-electron chi connectivity index (χ4n) is 2.32. The third-order valence-corrected chi connectivity index (χ3v) is 3.63. The van der Waals surface area contributed by atoms with Crippen molar-refractivity contribution in [1.29, 1.82) is 0 Å². The molecule has 2 aromatic carbocycles. The molecule has 0 atom stereocenters. The molecule has 3 N–H and O–H groups in total. The van der Waals surface area contributed by atoms with Crippen molar-refractivity contribution >= 4 is 34.8 Å². The summed E-state index contributed by atoms with van der Waals surface area (Å²) >= 11 is 0. The van der Waals surface area contributed by atoms with Gasteiger partial charge in [-0.1, -0.05) is 24.3 Å². The van der Waals surface area contributed by atoms with Gasteiger partial charge >= 0.3 is 11.8 Å². The highest BCUT2D eigenvalue weighted by atomic mass is 16.5. The summed E-state index contributed by atoms with van der Waals surface area (Å²) in [5.41, 5.74) is 4.55. The molecule has 0 bridgehead atoms. The van der Waals surface area contributed by atoms with Crippen LogP contribution in [0.15, 0.2) is 53.6 Å². The number of methoxy groups -OCH3 is 1. The molecule has 0 saturated carbocycles. The van der Waals surface area contributed by atoms with Crippen LogP contribution in [0.5, 0.6) is 5.75 Å². The Kier molecular flexibility index (Phi) is 7.27. The molecule has 0 unspecified atom stereocenters. The Hall–Kier alpha value is -3.68. The summed E-state index contributed by atoms with van der Waals surface area (Å²) in [6.45, 7) is 3.50. The van der Waals surface area contributed by atoms with Gasteiger partial charge in [0.2, 0.25) is 5.91 Å². The molecule has 8 nitrogen and oxygen atoms in total. The van der Waals surface area contributed by atoms with Gasteiger partial charge in [-0.15, -0.1) is 0 Å². The van der Waals surface area contributed by atoms with E-state index in [-0.39, 0.29) is 12.3 Å². The van der Waals surface area contributed by atoms with Gasteiger partial charge in [0, 0.05) is 11.4 Å². The molecule has 2 aromatic rings. The van der Waals surface area contributed by atoms with Crippen molar-refractivity contribution in [2.45, 2.75) is 20.3 Å². The summed E-state index contributed by atoms with van der Waals surface area (Å²) in [6, 6.07) is 14.1. The molecule has 28 heavy (non-hydrogen) atoms. The van der Waals surface area contributed by atoms with Crippen molar-refractivity contribution in [1.82, 2.24) is 5.43 Å². The first-order chi connectivity index (χ1) is 13.4. The molecule has 3 amide bonds. The third-order valence-electron chi connectivity index (χ3n) is 3.63. The molecular weight excluding hydrogens is 360 g/mol. The smallest absolute Gasteiger partial charge is 0.329 e. The largest absolute Gasteiger partial charge is 0.495 e. The van der Waals surface area contributed by atoms with Gasteiger partial charge < -0.3 is 15.4 Å². The van der Waals surface area contributed by atoms with Crippen LogP contribution in [0.1, 0.15) is 18.9 Å². The highest BCUT2D eigenvalue weighted by molar-refractivity contribution is 6.39. The van der Waals surface area contributed by atoms with Gasteiger partial charge in [-0.25, -0.2) is 5.43 Å². The van der Waals surface area contributed by atoms with Crippen molar-refractivity contribution in [3.05, 3.63) is 54.1 Å². The number of rotatable bonds is 6. The van der Waals surface area contributed by atoms with Crippen molar-refractivity contribution in [2.75, 3.05) is 17.7 Å². The molecule has 0 radical (unpaired) electrons. The van der Waals surface area contributed by atoms with Gasteiger partial charge in [-0.2, -0.15) is 5.10 Å². The highest BCUT2D eigenvalue weighted by Gasteiger charge is 2.15. The second-order valence-corrected chi connectivity index (χ2v) is 6.04. The molecule has 0 spiro atoms. The second-order valence-electron chi connectivity index (χ2n) is 6.04. The minimum atomic E-state index is -0.954. The minimum Gasteiger partial charge on any atom is -0.495 e. The number of nitrogens with one attached hydrogen (secondary N) is 3. The van der Waals surface area contributed by atoms with Crippen LogP contribution < -0.4 is 20.8 Å². The molecule has 0 aliphatic carbocycles. The predicted molar refractivity (Wildman–Crippen MR) is 107 cm³/mol. The SMILES string of the molecule is COc1ccccc1NC(=O)C(=O)N/N=C(\C)CC(=O)Nc1cccc(C)c1. The lowest BCUT2D eigenvalue weighted by molar-refractivity contribution is -0.136. The Morgan fingerprint density at radius 1 is 1.00 bits per heavy atom. The average Bonchev–Trinajstić information content (AvgIpc) is 2.66. The lowest BCUT2D eigenvalue weighted by Gasteiger charge is -2.09. The number of carbonyl (C=O) groups excluding carboxylic acids is 3. The topological polar surface area (TPSA) is 109 Å². The van der Waals surface area contributed by atoms with E-state index >= 15 is 0 Å². The Balaban J connectivity index is 1.86. The number of nitrogens with zero attached hydrogens (tertiary/aromatic N) is 1. The highest BCUT2D eigenvalue weighted by Crippen LogP contribution is 2.22. The fourth-order valence-corrected chi connectivity index (χ4v) is 2.32.